The topological polar surface area (TPSA) is 57.2 Å². The molecule has 1 aromatic rings. The molecule has 132 valence electrons. The summed E-state index contributed by atoms with van der Waals surface area (Å²) in [4.78, 5) is 14.3. The van der Waals surface area contributed by atoms with Gasteiger partial charge < -0.3 is 18.9 Å². The summed E-state index contributed by atoms with van der Waals surface area (Å²) in [6.07, 6.45) is 2.49. The van der Waals surface area contributed by atoms with E-state index in [1.54, 1.807) is 7.11 Å². The molecular formula is C18H25NO5. The molecule has 1 aromatic carbocycles. The highest BCUT2D eigenvalue weighted by Gasteiger charge is 2.49. The summed E-state index contributed by atoms with van der Waals surface area (Å²) < 4.78 is 22.2. The highest BCUT2D eigenvalue weighted by atomic mass is 16.7. The molecule has 0 radical (unpaired) electrons. The monoisotopic (exact) mass is 335 g/mol. The molecule has 2 aliphatic heterocycles. The highest BCUT2D eigenvalue weighted by molar-refractivity contribution is 5.76. The second-order valence-electron chi connectivity index (χ2n) is 6.31. The van der Waals surface area contributed by atoms with Crippen LogP contribution in [0.1, 0.15) is 24.8 Å². The zero-order valence-electron chi connectivity index (χ0n) is 14.3. The fourth-order valence-corrected chi connectivity index (χ4v) is 3.38. The molecule has 0 N–H and O–H groups in total. The molecule has 0 aliphatic carbocycles. The molecule has 2 saturated heterocycles. The van der Waals surface area contributed by atoms with Gasteiger partial charge in [-0.15, -0.1) is 0 Å². The number of likely N-dealkylation sites (tertiary alicyclic amines) is 1. The standard InChI is InChI=1S/C18H25NO5/c1-21-15-7-5-14(6-8-15)12-19-13-18(11-16(19)17(20)22-2)23-9-3-4-10-24-18/h5-8,16H,3-4,9-13H2,1-2H3/t16-/m1/s1. The summed E-state index contributed by atoms with van der Waals surface area (Å²) in [5, 5.41) is 0. The van der Waals surface area contributed by atoms with Crippen LogP contribution in [0.15, 0.2) is 24.3 Å². The Morgan fingerprint density at radius 2 is 1.88 bits per heavy atom. The number of carbonyl (C=O) groups excluding carboxylic acids is 1. The Morgan fingerprint density at radius 3 is 2.46 bits per heavy atom. The van der Waals surface area contributed by atoms with Crippen LogP contribution in [0, 0.1) is 0 Å². The van der Waals surface area contributed by atoms with E-state index >= 15 is 0 Å². The van der Waals surface area contributed by atoms with Crippen LogP contribution in [0.5, 0.6) is 5.75 Å². The van der Waals surface area contributed by atoms with Crippen molar-refractivity contribution in [1.29, 1.82) is 0 Å². The molecule has 0 amide bonds. The van der Waals surface area contributed by atoms with E-state index in [-0.39, 0.29) is 12.0 Å². The van der Waals surface area contributed by atoms with Gasteiger partial charge in [-0.1, -0.05) is 12.1 Å². The highest BCUT2D eigenvalue weighted by Crippen LogP contribution is 2.35. The van der Waals surface area contributed by atoms with E-state index in [1.165, 1.54) is 7.11 Å². The number of benzene rings is 1. The molecule has 6 heteroatoms. The minimum absolute atomic E-state index is 0.239. The lowest BCUT2D eigenvalue weighted by molar-refractivity contribution is -0.216. The van der Waals surface area contributed by atoms with Gasteiger partial charge >= 0.3 is 5.97 Å². The summed E-state index contributed by atoms with van der Waals surface area (Å²) in [5.74, 6) is -0.115. The lowest BCUT2D eigenvalue weighted by atomic mass is 10.1. The average molecular weight is 335 g/mol. The number of rotatable bonds is 4. The zero-order chi connectivity index (χ0) is 17.0. The number of methoxy groups -OCH3 is 2. The van der Waals surface area contributed by atoms with Gasteiger partial charge in [-0.2, -0.15) is 0 Å². The van der Waals surface area contributed by atoms with E-state index in [4.69, 9.17) is 18.9 Å². The second kappa shape index (κ2) is 7.51. The predicted octanol–water partition coefficient (Wildman–Crippen LogP) is 1.97. The van der Waals surface area contributed by atoms with Crippen LogP contribution in [0.4, 0.5) is 0 Å². The minimum atomic E-state index is -0.693. The quantitative estimate of drug-likeness (QED) is 0.784. The number of ether oxygens (including phenoxy) is 4. The lowest BCUT2D eigenvalue weighted by Crippen LogP contribution is -2.39. The van der Waals surface area contributed by atoms with Gasteiger partial charge in [0, 0.05) is 13.0 Å². The van der Waals surface area contributed by atoms with Gasteiger partial charge in [-0.05, 0) is 30.5 Å². The van der Waals surface area contributed by atoms with Crippen LogP contribution < -0.4 is 4.74 Å². The third-order valence-corrected chi connectivity index (χ3v) is 4.68. The maximum absolute atomic E-state index is 12.2. The van der Waals surface area contributed by atoms with Crippen molar-refractivity contribution in [3.8, 4) is 5.75 Å². The summed E-state index contributed by atoms with van der Waals surface area (Å²) in [5.41, 5.74) is 1.11. The molecule has 1 spiro atoms. The fraction of sp³-hybridized carbons (Fsp3) is 0.611. The molecule has 0 bridgehead atoms. The number of hydrogen-bond acceptors (Lipinski definition) is 6. The molecule has 0 saturated carbocycles. The number of hydrogen-bond donors (Lipinski definition) is 0. The van der Waals surface area contributed by atoms with Gasteiger partial charge in [0.05, 0.1) is 34.0 Å². The molecule has 6 nitrogen and oxygen atoms in total. The van der Waals surface area contributed by atoms with Crippen LogP contribution >= 0.6 is 0 Å². The Hall–Kier alpha value is -1.63. The second-order valence-corrected chi connectivity index (χ2v) is 6.31. The molecule has 2 fully saturated rings. The maximum atomic E-state index is 12.2. The molecule has 0 unspecified atom stereocenters. The number of esters is 1. The fourth-order valence-electron chi connectivity index (χ4n) is 3.38. The first-order chi connectivity index (χ1) is 11.7. The van der Waals surface area contributed by atoms with Gasteiger partial charge in [0.2, 0.25) is 0 Å². The van der Waals surface area contributed by atoms with E-state index in [2.05, 4.69) is 4.90 Å². The van der Waals surface area contributed by atoms with Crippen molar-refractivity contribution >= 4 is 5.97 Å². The summed E-state index contributed by atoms with van der Waals surface area (Å²) >= 11 is 0. The predicted molar refractivity (Wildman–Crippen MR) is 87.7 cm³/mol. The van der Waals surface area contributed by atoms with Gasteiger partial charge in [-0.3, -0.25) is 9.69 Å². The third kappa shape index (κ3) is 3.71. The van der Waals surface area contributed by atoms with Gasteiger partial charge in [-0.25, -0.2) is 0 Å². The first-order valence-corrected chi connectivity index (χ1v) is 8.38. The summed E-state index contributed by atoms with van der Waals surface area (Å²) in [6, 6.07) is 7.51. The first kappa shape index (κ1) is 17.2. The summed E-state index contributed by atoms with van der Waals surface area (Å²) in [7, 11) is 3.07. The molecule has 0 aromatic heterocycles. The zero-order valence-corrected chi connectivity index (χ0v) is 14.3. The van der Waals surface area contributed by atoms with Gasteiger partial charge in [0.15, 0.2) is 5.79 Å². The molecule has 2 heterocycles. The maximum Gasteiger partial charge on any atom is 0.323 e. The smallest absolute Gasteiger partial charge is 0.323 e. The number of carbonyl (C=O) groups is 1. The van der Waals surface area contributed by atoms with E-state index < -0.39 is 5.79 Å². The van der Waals surface area contributed by atoms with Crippen molar-refractivity contribution < 1.29 is 23.7 Å². The largest absolute Gasteiger partial charge is 0.497 e. The van der Waals surface area contributed by atoms with Crippen molar-refractivity contribution in [2.24, 2.45) is 0 Å². The minimum Gasteiger partial charge on any atom is -0.497 e. The van der Waals surface area contributed by atoms with Crippen LogP contribution in [0.3, 0.4) is 0 Å². The van der Waals surface area contributed by atoms with Crippen molar-refractivity contribution in [1.82, 2.24) is 4.90 Å². The van der Waals surface area contributed by atoms with Crippen LogP contribution in [-0.2, 0) is 25.5 Å². The van der Waals surface area contributed by atoms with Crippen molar-refractivity contribution in [2.75, 3.05) is 34.0 Å². The van der Waals surface area contributed by atoms with Crippen LogP contribution in [-0.4, -0.2) is 56.7 Å². The average Bonchev–Trinajstić information content (AvgIpc) is 2.80. The van der Waals surface area contributed by atoms with E-state index in [9.17, 15) is 4.79 Å². The van der Waals surface area contributed by atoms with Crippen molar-refractivity contribution in [2.45, 2.75) is 37.6 Å². The molecular weight excluding hydrogens is 310 g/mol. The van der Waals surface area contributed by atoms with Crippen molar-refractivity contribution in [3.63, 3.8) is 0 Å². The lowest BCUT2D eigenvalue weighted by Gasteiger charge is -2.27. The molecule has 3 rings (SSSR count). The number of nitrogens with zero attached hydrogens (tertiary/aromatic N) is 1. The Labute approximate surface area is 142 Å². The Balaban J connectivity index is 1.76. The van der Waals surface area contributed by atoms with Crippen LogP contribution in [0.25, 0.3) is 0 Å². The molecule has 1 atom stereocenters. The SMILES string of the molecule is COC(=O)[C@H]1CC2(CN1Cc1ccc(OC)cc1)OCCCCO2. The van der Waals surface area contributed by atoms with E-state index in [0.717, 1.165) is 24.2 Å². The Kier molecular flexibility index (Phi) is 5.38. The molecule has 24 heavy (non-hydrogen) atoms. The Morgan fingerprint density at radius 1 is 1.21 bits per heavy atom. The van der Waals surface area contributed by atoms with Gasteiger partial charge in [0.1, 0.15) is 11.8 Å². The van der Waals surface area contributed by atoms with Crippen molar-refractivity contribution in [3.05, 3.63) is 29.8 Å². The first-order valence-electron chi connectivity index (χ1n) is 8.38. The van der Waals surface area contributed by atoms with Crippen LogP contribution in [0.2, 0.25) is 0 Å². The third-order valence-electron chi connectivity index (χ3n) is 4.68. The van der Waals surface area contributed by atoms with E-state index in [0.29, 0.717) is 32.7 Å². The molecule has 2 aliphatic rings. The van der Waals surface area contributed by atoms with E-state index in [1.807, 2.05) is 24.3 Å². The van der Waals surface area contributed by atoms with Gasteiger partial charge in [0.25, 0.3) is 0 Å². The normalized spacial score (nSPS) is 23.8. The Bertz CT molecular complexity index is 551. The summed E-state index contributed by atoms with van der Waals surface area (Å²) in [6.45, 7) is 2.55.